The van der Waals surface area contributed by atoms with Crippen LogP contribution >= 0.6 is 11.6 Å². The zero-order chi connectivity index (χ0) is 10.6. The molecule has 0 spiro atoms. The highest BCUT2D eigenvalue weighted by atomic mass is 35.5. The first-order valence-electron chi connectivity index (χ1n) is 4.25. The Labute approximate surface area is 86.9 Å². The smallest absolute Gasteiger partial charge is 0.303 e. The van der Waals surface area contributed by atoms with Gasteiger partial charge in [0.25, 0.3) is 0 Å². The molecule has 1 aromatic carbocycles. The molecular formula is C10H11ClO3. The summed E-state index contributed by atoms with van der Waals surface area (Å²) in [6, 6.07) is 6.78. The van der Waals surface area contributed by atoms with E-state index >= 15 is 0 Å². The van der Waals surface area contributed by atoms with Gasteiger partial charge in [-0.15, -0.1) is 0 Å². The molecule has 3 nitrogen and oxygen atoms in total. The third-order valence-corrected chi connectivity index (χ3v) is 2.10. The van der Waals surface area contributed by atoms with E-state index in [-0.39, 0.29) is 12.8 Å². The average molecular weight is 215 g/mol. The largest absolute Gasteiger partial charge is 0.481 e. The van der Waals surface area contributed by atoms with E-state index in [1.54, 1.807) is 24.3 Å². The Balaban J connectivity index is 2.60. The number of aliphatic hydroxyl groups is 1. The molecule has 1 rings (SSSR count). The Hall–Kier alpha value is -1.06. The third-order valence-electron chi connectivity index (χ3n) is 1.87. The van der Waals surface area contributed by atoms with E-state index in [0.29, 0.717) is 10.6 Å². The minimum absolute atomic E-state index is 0.0479. The van der Waals surface area contributed by atoms with Gasteiger partial charge in [0.2, 0.25) is 0 Å². The molecule has 0 heterocycles. The van der Waals surface area contributed by atoms with E-state index in [1.165, 1.54) is 0 Å². The second-order valence-corrected chi connectivity index (χ2v) is 3.44. The van der Waals surface area contributed by atoms with Crippen LogP contribution in [-0.2, 0) is 4.79 Å². The highest BCUT2D eigenvalue weighted by Crippen LogP contribution is 2.21. The fraction of sp³-hybridized carbons (Fsp3) is 0.300. The zero-order valence-corrected chi connectivity index (χ0v) is 8.24. The predicted octanol–water partition coefficient (Wildman–Crippen LogP) is 2.24. The standard InChI is InChI=1S/C10H11ClO3/c11-8-3-1-2-7(6-8)9(12)4-5-10(13)14/h1-3,6,9,12H,4-5H2,(H,13,14). The van der Waals surface area contributed by atoms with Crippen molar-refractivity contribution in [2.75, 3.05) is 0 Å². The number of aliphatic carboxylic acids is 1. The fourth-order valence-electron chi connectivity index (χ4n) is 1.14. The lowest BCUT2D eigenvalue weighted by Gasteiger charge is -2.09. The summed E-state index contributed by atoms with van der Waals surface area (Å²) in [5.41, 5.74) is 0.652. The van der Waals surface area contributed by atoms with Crippen molar-refractivity contribution >= 4 is 17.6 Å². The van der Waals surface area contributed by atoms with Gasteiger partial charge in [0.05, 0.1) is 6.10 Å². The third kappa shape index (κ3) is 3.36. The summed E-state index contributed by atoms with van der Waals surface area (Å²) in [6.45, 7) is 0. The number of carbonyl (C=O) groups is 1. The first kappa shape index (κ1) is 11.0. The first-order chi connectivity index (χ1) is 6.59. The molecule has 76 valence electrons. The Morgan fingerprint density at radius 2 is 2.21 bits per heavy atom. The van der Waals surface area contributed by atoms with Crippen molar-refractivity contribution in [3.05, 3.63) is 34.9 Å². The average Bonchev–Trinajstić information content (AvgIpc) is 2.14. The van der Waals surface area contributed by atoms with Gasteiger partial charge in [0, 0.05) is 11.4 Å². The molecule has 1 aromatic rings. The van der Waals surface area contributed by atoms with Crippen LogP contribution in [0.1, 0.15) is 24.5 Å². The topological polar surface area (TPSA) is 57.5 Å². The van der Waals surface area contributed by atoms with Crippen molar-refractivity contribution in [1.82, 2.24) is 0 Å². The molecule has 0 aromatic heterocycles. The number of hydrogen-bond acceptors (Lipinski definition) is 2. The highest BCUT2D eigenvalue weighted by molar-refractivity contribution is 6.30. The molecule has 0 amide bonds. The summed E-state index contributed by atoms with van der Waals surface area (Å²) >= 11 is 5.72. The molecule has 14 heavy (non-hydrogen) atoms. The molecule has 1 unspecified atom stereocenters. The molecule has 1 atom stereocenters. The molecule has 4 heteroatoms. The lowest BCUT2D eigenvalue weighted by Crippen LogP contribution is -2.02. The monoisotopic (exact) mass is 214 g/mol. The SMILES string of the molecule is O=C(O)CCC(O)c1cccc(Cl)c1. The molecule has 0 aliphatic heterocycles. The molecule has 0 radical (unpaired) electrons. The van der Waals surface area contributed by atoms with E-state index in [0.717, 1.165) is 0 Å². The Morgan fingerprint density at radius 1 is 1.50 bits per heavy atom. The maximum Gasteiger partial charge on any atom is 0.303 e. The van der Waals surface area contributed by atoms with Gasteiger partial charge in [-0.3, -0.25) is 4.79 Å². The zero-order valence-electron chi connectivity index (χ0n) is 7.48. The summed E-state index contributed by atoms with van der Waals surface area (Å²) in [5.74, 6) is -0.911. The molecule has 2 N–H and O–H groups in total. The van der Waals surface area contributed by atoms with Crippen LogP contribution in [0.4, 0.5) is 0 Å². The van der Waals surface area contributed by atoms with Gasteiger partial charge in [-0.1, -0.05) is 23.7 Å². The predicted molar refractivity (Wildman–Crippen MR) is 53.3 cm³/mol. The number of carboxylic acids is 1. The molecule has 0 aliphatic carbocycles. The van der Waals surface area contributed by atoms with E-state index < -0.39 is 12.1 Å². The maximum absolute atomic E-state index is 10.3. The van der Waals surface area contributed by atoms with Gasteiger partial charge < -0.3 is 10.2 Å². The second-order valence-electron chi connectivity index (χ2n) is 3.00. The normalized spacial score (nSPS) is 12.4. The van der Waals surface area contributed by atoms with Crippen LogP contribution in [-0.4, -0.2) is 16.2 Å². The van der Waals surface area contributed by atoms with Crippen LogP contribution < -0.4 is 0 Å². The van der Waals surface area contributed by atoms with Crippen LogP contribution in [0.15, 0.2) is 24.3 Å². The summed E-state index contributed by atoms with van der Waals surface area (Å²) < 4.78 is 0. The van der Waals surface area contributed by atoms with Crippen LogP contribution in [0.3, 0.4) is 0 Å². The van der Waals surface area contributed by atoms with Gasteiger partial charge >= 0.3 is 5.97 Å². The van der Waals surface area contributed by atoms with Crippen molar-refractivity contribution in [1.29, 1.82) is 0 Å². The summed E-state index contributed by atoms with van der Waals surface area (Å²) in [7, 11) is 0. The van der Waals surface area contributed by atoms with Crippen LogP contribution in [0.2, 0.25) is 5.02 Å². The number of aliphatic hydroxyl groups excluding tert-OH is 1. The minimum Gasteiger partial charge on any atom is -0.481 e. The fourth-order valence-corrected chi connectivity index (χ4v) is 1.34. The molecule has 0 saturated heterocycles. The Bertz CT molecular complexity index is 325. The van der Waals surface area contributed by atoms with Crippen LogP contribution in [0.25, 0.3) is 0 Å². The summed E-state index contributed by atoms with van der Waals surface area (Å²) in [6.07, 6.45) is -0.603. The summed E-state index contributed by atoms with van der Waals surface area (Å²) in [4.78, 5) is 10.3. The summed E-state index contributed by atoms with van der Waals surface area (Å²) in [5, 5.41) is 18.5. The van der Waals surface area contributed by atoms with E-state index in [1.807, 2.05) is 0 Å². The first-order valence-corrected chi connectivity index (χ1v) is 4.62. The van der Waals surface area contributed by atoms with Crippen molar-refractivity contribution in [3.63, 3.8) is 0 Å². The Kier molecular flexibility index (Phi) is 3.92. The lowest BCUT2D eigenvalue weighted by atomic mass is 10.1. The van der Waals surface area contributed by atoms with Crippen LogP contribution in [0, 0.1) is 0 Å². The number of benzene rings is 1. The number of hydrogen-bond donors (Lipinski definition) is 2. The lowest BCUT2D eigenvalue weighted by molar-refractivity contribution is -0.137. The maximum atomic E-state index is 10.3. The van der Waals surface area contributed by atoms with Gasteiger partial charge in [-0.25, -0.2) is 0 Å². The molecule has 0 saturated carbocycles. The quantitative estimate of drug-likeness (QED) is 0.808. The second kappa shape index (κ2) is 4.98. The molecule has 0 fully saturated rings. The van der Waals surface area contributed by atoms with Gasteiger partial charge in [0.1, 0.15) is 0 Å². The van der Waals surface area contributed by atoms with Crippen molar-refractivity contribution in [2.45, 2.75) is 18.9 Å². The number of halogens is 1. The van der Waals surface area contributed by atoms with Crippen LogP contribution in [0.5, 0.6) is 0 Å². The Morgan fingerprint density at radius 3 is 2.79 bits per heavy atom. The van der Waals surface area contributed by atoms with E-state index in [4.69, 9.17) is 16.7 Å². The molecular weight excluding hydrogens is 204 g/mol. The van der Waals surface area contributed by atoms with E-state index in [2.05, 4.69) is 0 Å². The number of rotatable bonds is 4. The van der Waals surface area contributed by atoms with Crippen molar-refractivity contribution in [3.8, 4) is 0 Å². The van der Waals surface area contributed by atoms with Crippen molar-refractivity contribution < 1.29 is 15.0 Å². The van der Waals surface area contributed by atoms with Crippen molar-refractivity contribution in [2.24, 2.45) is 0 Å². The van der Waals surface area contributed by atoms with Gasteiger partial charge in [0.15, 0.2) is 0 Å². The highest BCUT2D eigenvalue weighted by Gasteiger charge is 2.09. The minimum atomic E-state index is -0.911. The molecule has 0 aliphatic rings. The van der Waals surface area contributed by atoms with Gasteiger partial charge in [-0.2, -0.15) is 0 Å². The van der Waals surface area contributed by atoms with E-state index in [9.17, 15) is 9.90 Å². The number of carboxylic acid groups (broad SMARTS) is 1. The van der Waals surface area contributed by atoms with Gasteiger partial charge in [-0.05, 0) is 24.1 Å². The molecule has 0 bridgehead atoms.